The number of hydrogen-bond donors (Lipinski definition) is 3. The molecule has 0 radical (unpaired) electrons. The van der Waals surface area contributed by atoms with Gasteiger partial charge in [0.15, 0.2) is 5.13 Å². The Balaban J connectivity index is 2.21. The first kappa shape index (κ1) is 15.1. The van der Waals surface area contributed by atoms with E-state index in [2.05, 4.69) is 31.5 Å². The van der Waals surface area contributed by atoms with Gasteiger partial charge >= 0.3 is 0 Å². The first-order valence-corrected chi connectivity index (χ1v) is 7.76. The topological polar surface area (TPSA) is 80.0 Å². The molecule has 2 aromatic rings. The number of thiazole rings is 1. The van der Waals surface area contributed by atoms with E-state index in [0.717, 1.165) is 4.47 Å². The lowest BCUT2D eigenvalue weighted by Gasteiger charge is -2.06. The van der Waals surface area contributed by atoms with E-state index < -0.39 is 0 Å². The Morgan fingerprint density at radius 2 is 2.30 bits per heavy atom. The molecule has 106 valence electrons. The molecular formula is C12H12BrClN4OS. The predicted octanol–water partition coefficient (Wildman–Crippen LogP) is 3.83. The van der Waals surface area contributed by atoms with Gasteiger partial charge in [0.05, 0.1) is 10.7 Å². The summed E-state index contributed by atoms with van der Waals surface area (Å²) in [5.74, 6) is -0.126. The first-order chi connectivity index (χ1) is 9.51. The van der Waals surface area contributed by atoms with E-state index in [1.54, 1.807) is 18.2 Å². The highest BCUT2D eigenvalue weighted by molar-refractivity contribution is 9.10. The Kier molecular flexibility index (Phi) is 4.85. The highest BCUT2D eigenvalue weighted by atomic mass is 79.9. The normalized spacial score (nSPS) is 10.3. The highest BCUT2D eigenvalue weighted by Gasteiger charge is 2.17. The van der Waals surface area contributed by atoms with Crippen molar-refractivity contribution in [1.82, 2.24) is 4.98 Å². The molecule has 0 bridgehead atoms. The van der Waals surface area contributed by atoms with Crippen LogP contribution in [-0.4, -0.2) is 17.4 Å². The Bertz CT molecular complexity index is 646. The second kappa shape index (κ2) is 6.43. The van der Waals surface area contributed by atoms with Gasteiger partial charge in [-0.1, -0.05) is 38.9 Å². The van der Waals surface area contributed by atoms with Gasteiger partial charge in [0.2, 0.25) is 0 Å². The van der Waals surface area contributed by atoms with Crippen molar-refractivity contribution in [3.8, 4) is 0 Å². The zero-order valence-corrected chi connectivity index (χ0v) is 13.7. The number of nitrogens with zero attached hydrogens (tertiary/aromatic N) is 1. The van der Waals surface area contributed by atoms with Crippen LogP contribution in [0.25, 0.3) is 0 Å². The fraction of sp³-hybridized carbons (Fsp3) is 0.167. The van der Waals surface area contributed by atoms with E-state index in [1.807, 2.05) is 6.92 Å². The minimum Gasteiger partial charge on any atom is -0.382 e. The van der Waals surface area contributed by atoms with Crippen LogP contribution < -0.4 is 16.4 Å². The van der Waals surface area contributed by atoms with E-state index in [-0.39, 0.29) is 11.7 Å². The van der Waals surface area contributed by atoms with Crippen LogP contribution in [0.1, 0.15) is 16.6 Å². The third kappa shape index (κ3) is 3.41. The van der Waals surface area contributed by atoms with E-state index in [9.17, 15) is 4.79 Å². The van der Waals surface area contributed by atoms with Crippen LogP contribution in [0.4, 0.5) is 16.6 Å². The molecule has 1 aromatic carbocycles. The Morgan fingerprint density at radius 3 is 3.00 bits per heavy atom. The van der Waals surface area contributed by atoms with Gasteiger partial charge in [-0.05, 0) is 25.1 Å². The summed E-state index contributed by atoms with van der Waals surface area (Å²) < 4.78 is 0.822. The summed E-state index contributed by atoms with van der Waals surface area (Å²) in [4.78, 5) is 16.6. The molecule has 2 rings (SSSR count). The van der Waals surface area contributed by atoms with E-state index in [4.69, 9.17) is 17.3 Å². The number of carbonyl (C=O) groups is 1. The van der Waals surface area contributed by atoms with Crippen molar-refractivity contribution in [1.29, 1.82) is 0 Å². The highest BCUT2D eigenvalue weighted by Crippen LogP contribution is 2.29. The molecule has 1 heterocycles. The largest absolute Gasteiger partial charge is 0.382 e. The van der Waals surface area contributed by atoms with Crippen LogP contribution in [0.15, 0.2) is 22.7 Å². The number of benzene rings is 1. The van der Waals surface area contributed by atoms with E-state index >= 15 is 0 Å². The Labute approximate surface area is 133 Å². The standard InChI is InChI=1S/C12H12BrClN4OS/c1-2-16-12-18-10(15)9(20-12)11(19)17-8-5-6(13)3-4-7(8)14/h3-5H,2,15H2,1H3,(H,16,18)(H,17,19). The fourth-order valence-electron chi connectivity index (χ4n) is 1.49. The Morgan fingerprint density at radius 1 is 1.55 bits per heavy atom. The molecule has 0 saturated heterocycles. The number of anilines is 3. The summed E-state index contributed by atoms with van der Waals surface area (Å²) in [7, 11) is 0. The number of nitrogens with two attached hydrogens (primary N) is 1. The van der Waals surface area contributed by atoms with Gasteiger partial charge in [-0.3, -0.25) is 4.79 Å². The summed E-state index contributed by atoms with van der Waals surface area (Å²) in [6.07, 6.45) is 0. The van der Waals surface area contributed by atoms with Crippen molar-refractivity contribution < 1.29 is 4.79 Å². The van der Waals surface area contributed by atoms with Crippen LogP contribution in [0, 0.1) is 0 Å². The average molecular weight is 376 g/mol. The van der Waals surface area contributed by atoms with Crippen molar-refractivity contribution in [3.63, 3.8) is 0 Å². The number of rotatable bonds is 4. The monoisotopic (exact) mass is 374 g/mol. The van der Waals surface area contributed by atoms with Crippen LogP contribution in [0.2, 0.25) is 5.02 Å². The molecule has 0 aliphatic heterocycles. The van der Waals surface area contributed by atoms with Gasteiger partial charge in [0.1, 0.15) is 10.7 Å². The van der Waals surface area contributed by atoms with Crippen molar-refractivity contribution in [2.45, 2.75) is 6.92 Å². The summed E-state index contributed by atoms with van der Waals surface area (Å²) in [5, 5.41) is 6.82. The summed E-state index contributed by atoms with van der Waals surface area (Å²) in [6, 6.07) is 5.21. The summed E-state index contributed by atoms with van der Waals surface area (Å²) >= 11 is 10.6. The lowest BCUT2D eigenvalue weighted by Crippen LogP contribution is -2.12. The first-order valence-electron chi connectivity index (χ1n) is 5.77. The SMILES string of the molecule is CCNc1nc(N)c(C(=O)Nc2cc(Br)ccc2Cl)s1. The van der Waals surface area contributed by atoms with Crippen LogP contribution >= 0.6 is 38.9 Å². The molecule has 0 fully saturated rings. The molecule has 0 unspecified atom stereocenters. The molecule has 0 spiro atoms. The van der Waals surface area contributed by atoms with Crippen molar-refractivity contribution >= 4 is 61.4 Å². The number of halogens is 2. The molecule has 1 amide bonds. The average Bonchev–Trinajstić information content (AvgIpc) is 2.75. The molecular weight excluding hydrogens is 364 g/mol. The van der Waals surface area contributed by atoms with Crippen LogP contribution in [0.5, 0.6) is 0 Å². The van der Waals surface area contributed by atoms with Crippen molar-refractivity contribution in [2.75, 3.05) is 22.9 Å². The van der Waals surface area contributed by atoms with Gasteiger partial charge in [0, 0.05) is 11.0 Å². The number of carbonyl (C=O) groups excluding carboxylic acids is 1. The van der Waals surface area contributed by atoms with Gasteiger partial charge in [0.25, 0.3) is 5.91 Å². The lowest BCUT2D eigenvalue weighted by atomic mass is 10.3. The summed E-state index contributed by atoms with van der Waals surface area (Å²) in [5.41, 5.74) is 6.27. The van der Waals surface area contributed by atoms with Crippen molar-refractivity contribution in [3.05, 3.63) is 32.6 Å². The number of amides is 1. The second-order valence-electron chi connectivity index (χ2n) is 3.84. The van der Waals surface area contributed by atoms with Crippen LogP contribution in [-0.2, 0) is 0 Å². The maximum Gasteiger partial charge on any atom is 0.269 e. The molecule has 0 aliphatic carbocycles. The molecule has 20 heavy (non-hydrogen) atoms. The van der Waals surface area contributed by atoms with Crippen molar-refractivity contribution in [2.24, 2.45) is 0 Å². The molecule has 5 nitrogen and oxygen atoms in total. The molecule has 8 heteroatoms. The molecule has 1 aromatic heterocycles. The molecule has 4 N–H and O–H groups in total. The molecule has 0 atom stereocenters. The van der Waals surface area contributed by atoms with Crippen LogP contribution in [0.3, 0.4) is 0 Å². The number of nitrogens with one attached hydrogen (secondary N) is 2. The number of aromatic nitrogens is 1. The zero-order chi connectivity index (χ0) is 14.7. The summed E-state index contributed by atoms with van der Waals surface area (Å²) in [6.45, 7) is 2.66. The second-order valence-corrected chi connectivity index (χ2v) is 6.16. The number of nitrogen functional groups attached to an aromatic ring is 1. The third-order valence-electron chi connectivity index (χ3n) is 2.36. The maximum atomic E-state index is 12.2. The molecule has 0 aliphatic rings. The van der Waals surface area contributed by atoms with Gasteiger partial charge in [-0.25, -0.2) is 4.98 Å². The zero-order valence-electron chi connectivity index (χ0n) is 10.5. The minimum atomic E-state index is -0.329. The fourth-order valence-corrected chi connectivity index (χ4v) is 2.87. The lowest BCUT2D eigenvalue weighted by molar-refractivity contribution is 0.103. The van der Waals surface area contributed by atoms with E-state index in [0.29, 0.717) is 27.3 Å². The van der Waals surface area contributed by atoms with Gasteiger partial charge < -0.3 is 16.4 Å². The maximum absolute atomic E-state index is 12.2. The number of hydrogen-bond acceptors (Lipinski definition) is 5. The van der Waals surface area contributed by atoms with E-state index in [1.165, 1.54) is 11.3 Å². The smallest absolute Gasteiger partial charge is 0.269 e. The van der Waals surface area contributed by atoms with Gasteiger partial charge in [-0.15, -0.1) is 0 Å². The Hall–Kier alpha value is -1.31. The van der Waals surface area contributed by atoms with Gasteiger partial charge in [-0.2, -0.15) is 0 Å². The molecule has 0 saturated carbocycles. The third-order valence-corrected chi connectivity index (χ3v) is 4.21. The minimum absolute atomic E-state index is 0.203. The predicted molar refractivity (Wildman–Crippen MR) is 87.8 cm³/mol. The quantitative estimate of drug-likeness (QED) is 0.759.